The normalized spacial score (nSPS) is 16.4. The molecule has 2 aliphatic rings. The van der Waals surface area contributed by atoms with Gasteiger partial charge >= 0.3 is 0 Å². The number of benzene rings is 2. The molecule has 10 heteroatoms. The van der Waals surface area contributed by atoms with Crippen LogP contribution in [0.2, 0.25) is 0 Å². The maximum atomic E-state index is 12.7. The summed E-state index contributed by atoms with van der Waals surface area (Å²) in [6, 6.07) is 12.7. The number of ether oxygens (including phenoxy) is 1. The van der Waals surface area contributed by atoms with Gasteiger partial charge in [-0.2, -0.15) is 10.4 Å². The first-order chi connectivity index (χ1) is 16.2. The van der Waals surface area contributed by atoms with Crippen LogP contribution in [0.15, 0.2) is 36.4 Å². The van der Waals surface area contributed by atoms with Crippen LogP contribution in [0.25, 0.3) is 10.8 Å². The number of hydrogen-bond donors (Lipinski definition) is 1. The predicted molar refractivity (Wildman–Crippen MR) is 128 cm³/mol. The Bertz CT molecular complexity index is 1430. The van der Waals surface area contributed by atoms with Crippen LogP contribution in [0.3, 0.4) is 0 Å². The van der Waals surface area contributed by atoms with Crippen LogP contribution in [-0.4, -0.2) is 38.5 Å². The Hall–Kier alpha value is -2.90. The highest BCUT2D eigenvalue weighted by Crippen LogP contribution is 2.38. The Morgan fingerprint density at radius 1 is 0.912 bits per heavy atom. The summed E-state index contributed by atoms with van der Waals surface area (Å²) in [5.41, 5.74) is 0.894. The lowest BCUT2D eigenvalue weighted by molar-refractivity contribution is 0.478. The molecule has 0 unspecified atom stereocenters. The van der Waals surface area contributed by atoms with Gasteiger partial charge in [-0.05, 0) is 49.7 Å². The molecule has 2 saturated carbocycles. The third-order valence-corrected chi connectivity index (χ3v) is 9.57. The molecule has 1 heterocycles. The van der Waals surface area contributed by atoms with Crippen molar-refractivity contribution >= 4 is 30.4 Å². The number of nitrogens with zero attached hydrogens (tertiary/aromatic N) is 2. The van der Waals surface area contributed by atoms with Crippen molar-refractivity contribution in [3.05, 3.63) is 53.3 Å². The van der Waals surface area contributed by atoms with Crippen LogP contribution in [-0.2, 0) is 31.2 Å². The summed E-state index contributed by atoms with van der Waals surface area (Å²) in [4.78, 5) is 0. The molecule has 3 aromatic rings. The molecule has 5 rings (SSSR count). The average molecular weight is 500 g/mol. The van der Waals surface area contributed by atoms with Gasteiger partial charge < -0.3 is 4.74 Å². The van der Waals surface area contributed by atoms with Crippen molar-refractivity contribution in [3.63, 3.8) is 0 Å². The van der Waals surface area contributed by atoms with E-state index >= 15 is 0 Å². The van der Waals surface area contributed by atoms with E-state index in [4.69, 9.17) is 4.74 Å². The van der Waals surface area contributed by atoms with E-state index in [-0.39, 0.29) is 52.0 Å². The van der Waals surface area contributed by atoms with Crippen LogP contribution >= 0.6 is 0 Å². The number of fused-ring (bicyclic) bond motifs is 1. The summed E-state index contributed by atoms with van der Waals surface area (Å²) in [5.74, 6) is 0.475. The van der Waals surface area contributed by atoms with Gasteiger partial charge in [0.15, 0.2) is 25.4 Å². The van der Waals surface area contributed by atoms with Crippen molar-refractivity contribution in [2.75, 3.05) is 11.5 Å². The average Bonchev–Trinajstić information content (AvgIpc) is 3.71. The zero-order chi connectivity index (χ0) is 23.9. The van der Waals surface area contributed by atoms with E-state index in [1.165, 1.54) is 0 Å². The fourth-order valence-electron chi connectivity index (χ4n) is 4.13. The molecular formula is C24H25N3O5S2. The van der Waals surface area contributed by atoms with Gasteiger partial charge in [0.2, 0.25) is 0 Å². The standard InChI is InChI=1S/C24H25N3O5S2/c25-11-18-9-10-23(20-4-2-1-3-19(18)20)32-24-21(14-33(28,29)12-16-5-6-16)26-27-22(24)15-34(30,31)13-17-7-8-17/h1-4,9-10,16-17H,5-8,12-15H2,(H,26,27). The maximum Gasteiger partial charge on any atom is 0.173 e. The van der Waals surface area contributed by atoms with Gasteiger partial charge in [-0.15, -0.1) is 0 Å². The van der Waals surface area contributed by atoms with Crippen molar-refractivity contribution in [2.45, 2.75) is 37.2 Å². The molecule has 8 nitrogen and oxygen atoms in total. The number of nitriles is 1. The van der Waals surface area contributed by atoms with E-state index in [9.17, 15) is 22.1 Å². The smallest absolute Gasteiger partial charge is 0.173 e. The molecular weight excluding hydrogens is 474 g/mol. The summed E-state index contributed by atoms with van der Waals surface area (Å²) in [6.07, 6.45) is 3.64. The number of nitrogens with one attached hydrogen (secondary N) is 1. The summed E-state index contributed by atoms with van der Waals surface area (Å²) in [5, 5.41) is 17.7. The van der Waals surface area contributed by atoms with Gasteiger partial charge in [-0.1, -0.05) is 24.3 Å². The van der Waals surface area contributed by atoms with Gasteiger partial charge in [0.05, 0.1) is 40.3 Å². The maximum absolute atomic E-state index is 12.7. The fourth-order valence-corrected chi connectivity index (χ4v) is 7.71. The van der Waals surface area contributed by atoms with Gasteiger partial charge in [-0.25, -0.2) is 16.8 Å². The van der Waals surface area contributed by atoms with Crippen molar-refractivity contribution in [3.8, 4) is 17.6 Å². The molecule has 0 bridgehead atoms. The highest BCUT2D eigenvalue weighted by molar-refractivity contribution is 7.90. The lowest BCUT2D eigenvalue weighted by Gasteiger charge is -2.12. The largest absolute Gasteiger partial charge is 0.453 e. The van der Waals surface area contributed by atoms with E-state index in [0.29, 0.717) is 22.1 Å². The number of aromatic amines is 1. The molecule has 2 fully saturated rings. The van der Waals surface area contributed by atoms with Gasteiger partial charge in [0.1, 0.15) is 11.4 Å². The lowest BCUT2D eigenvalue weighted by Crippen LogP contribution is -2.12. The zero-order valence-corrected chi connectivity index (χ0v) is 20.2. The highest BCUT2D eigenvalue weighted by Gasteiger charge is 2.32. The van der Waals surface area contributed by atoms with Crippen molar-refractivity contribution in [1.29, 1.82) is 5.26 Å². The summed E-state index contributed by atoms with van der Waals surface area (Å²) in [6.45, 7) is 0. The minimum Gasteiger partial charge on any atom is -0.453 e. The molecule has 0 amide bonds. The van der Waals surface area contributed by atoms with Gasteiger partial charge in [-0.3, -0.25) is 5.10 Å². The predicted octanol–water partition coefficient (Wildman–Crippen LogP) is 3.88. The third kappa shape index (κ3) is 5.26. The van der Waals surface area contributed by atoms with Crippen LogP contribution in [0.5, 0.6) is 11.5 Å². The third-order valence-electron chi connectivity index (χ3n) is 6.17. The topological polar surface area (TPSA) is 130 Å². The Balaban J connectivity index is 1.53. The second-order valence-electron chi connectivity index (χ2n) is 9.34. The summed E-state index contributed by atoms with van der Waals surface area (Å²) >= 11 is 0. The summed E-state index contributed by atoms with van der Waals surface area (Å²) in [7, 11) is -6.86. The molecule has 1 aromatic heterocycles. The second-order valence-corrected chi connectivity index (χ2v) is 13.6. The van der Waals surface area contributed by atoms with E-state index in [1.54, 1.807) is 24.3 Å². The SMILES string of the molecule is N#Cc1ccc(Oc2c(CS(=O)(=O)CC3CC3)n[nH]c2CS(=O)(=O)CC2CC2)c2ccccc12. The Kier molecular flexibility index (Phi) is 5.86. The number of hydrogen-bond acceptors (Lipinski definition) is 7. The second kappa shape index (κ2) is 8.71. The fraction of sp³-hybridized carbons (Fsp3) is 0.417. The minimum absolute atomic E-state index is 0.0917. The van der Waals surface area contributed by atoms with E-state index in [1.807, 2.05) is 12.1 Å². The van der Waals surface area contributed by atoms with Crippen LogP contribution in [0.1, 0.15) is 42.6 Å². The van der Waals surface area contributed by atoms with Crippen LogP contribution in [0, 0.1) is 23.2 Å². The van der Waals surface area contributed by atoms with Crippen molar-refractivity contribution < 1.29 is 21.6 Å². The molecule has 0 saturated heterocycles. The Morgan fingerprint density at radius 3 is 2.15 bits per heavy atom. The molecule has 2 aromatic carbocycles. The number of aromatic nitrogens is 2. The van der Waals surface area contributed by atoms with E-state index in [0.717, 1.165) is 25.7 Å². The Labute approximate surface area is 198 Å². The minimum atomic E-state index is -3.43. The first-order valence-corrected chi connectivity index (χ1v) is 14.9. The highest BCUT2D eigenvalue weighted by atomic mass is 32.2. The van der Waals surface area contributed by atoms with E-state index in [2.05, 4.69) is 16.3 Å². The molecule has 0 radical (unpaired) electrons. The quantitative estimate of drug-likeness (QED) is 0.448. The lowest BCUT2D eigenvalue weighted by atomic mass is 10.0. The zero-order valence-electron chi connectivity index (χ0n) is 18.5. The van der Waals surface area contributed by atoms with Crippen LogP contribution < -0.4 is 4.74 Å². The molecule has 0 aliphatic heterocycles. The first kappa shape index (κ1) is 22.9. The first-order valence-electron chi connectivity index (χ1n) is 11.3. The summed E-state index contributed by atoms with van der Waals surface area (Å²) < 4.78 is 57.1. The molecule has 34 heavy (non-hydrogen) atoms. The molecule has 2 aliphatic carbocycles. The van der Waals surface area contributed by atoms with E-state index < -0.39 is 19.7 Å². The van der Waals surface area contributed by atoms with Crippen LogP contribution in [0.4, 0.5) is 0 Å². The van der Waals surface area contributed by atoms with Gasteiger partial charge in [0.25, 0.3) is 0 Å². The number of sulfone groups is 2. The van der Waals surface area contributed by atoms with Crippen molar-refractivity contribution in [1.82, 2.24) is 10.2 Å². The molecule has 1 N–H and O–H groups in total. The number of H-pyrrole nitrogens is 1. The molecule has 0 atom stereocenters. The molecule has 0 spiro atoms. The molecule has 178 valence electrons. The Morgan fingerprint density at radius 2 is 1.53 bits per heavy atom. The number of rotatable bonds is 10. The monoisotopic (exact) mass is 499 g/mol. The van der Waals surface area contributed by atoms with Crippen molar-refractivity contribution in [2.24, 2.45) is 11.8 Å². The van der Waals surface area contributed by atoms with Gasteiger partial charge in [0, 0.05) is 10.8 Å².